The van der Waals surface area contributed by atoms with Crippen molar-refractivity contribution in [2.24, 2.45) is 0 Å². The molecule has 1 amide bonds. The highest BCUT2D eigenvalue weighted by Crippen LogP contribution is 2.20. The maximum Gasteiger partial charge on any atom is 0.234 e. The molecule has 1 aromatic heterocycles. The number of nitrogens with one attached hydrogen (secondary N) is 2. The lowest BCUT2D eigenvalue weighted by atomic mass is 10.1. The van der Waals surface area contributed by atoms with Crippen molar-refractivity contribution in [3.05, 3.63) is 29.7 Å². The highest BCUT2D eigenvalue weighted by Gasteiger charge is 2.17. The number of aryl methyl sites for hydroxylation is 2. The van der Waals surface area contributed by atoms with Gasteiger partial charge in [0.1, 0.15) is 5.76 Å². The van der Waals surface area contributed by atoms with Crippen molar-refractivity contribution < 1.29 is 9.32 Å². The van der Waals surface area contributed by atoms with Gasteiger partial charge in [0.25, 0.3) is 0 Å². The number of aromatic nitrogens is 1. The Morgan fingerprint density at radius 3 is 2.82 bits per heavy atom. The summed E-state index contributed by atoms with van der Waals surface area (Å²) in [6.07, 6.45) is 1.71. The van der Waals surface area contributed by atoms with Gasteiger partial charge in [-0.2, -0.15) is 0 Å². The van der Waals surface area contributed by atoms with Gasteiger partial charge in [-0.1, -0.05) is 11.2 Å². The van der Waals surface area contributed by atoms with Crippen molar-refractivity contribution in [2.45, 2.75) is 26.8 Å². The van der Waals surface area contributed by atoms with Crippen LogP contribution in [0.5, 0.6) is 0 Å². The largest absolute Gasteiger partial charge is 0.361 e. The van der Waals surface area contributed by atoms with Gasteiger partial charge < -0.3 is 15.2 Å². The van der Waals surface area contributed by atoms with E-state index in [0.29, 0.717) is 6.54 Å². The van der Waals surface area contributed by atoms with Crippen molar-refractivity contribution in [1.29, 1.82) is 0 Å². The fourth-order valence-electron chi connectivity index (χ4n) is 1.76. The van der Waals surface area contributed by atoms with E-state index in [2.05, 4.69) is 22.4 Å². The molecule has 1 rings (SSSR count). The van der Waals surface area contributed by atoms with E-state index in [1.54, 1.807) is 6.08 Å². The molecule has 1 heterocycles. The lowest BCUT2D eigenvalue weighted by Gasteiger charge is -2.13. The van der Waals surface area contributed by atoms with E-state index in [4.69, 9.17) is 4.52 Å². The molecule has 0 saturated heterocycles. The summed E-state index contributed by atoms with van der Waals surface area (Å²) >= 11 is 0. The van der Waals surface area contributed by atoms with Crippen molar-refractivity contribution >= 4 is 5.91 Å². The van der Waals surface area contributed by atoms with Crippen molar-refractivity contribution in [3.8, 4) is 0 Å². The van der Waals surface area contributed by atoms with Gasteiger partial charge in [-0.05, 0) is 20.8 Å². The zero-order valence-corrected chi connectivity index (χ0v) is 10.5. The minimum Gasteiger partial charge on any atom is -0.361 e. The molecule has 1 atom stereocenters. The van der Waals surface area contributed by atoms with Gasteiger partial charge in [-0.15, -0.1) is 6.58 Å². The summed E-state index contributed by atoms with van der Waals surface area (Å²) in [4.78, 5) is 11.6. The molecule has 0 aliphatic heterocycles. The summed E-state index contributed by atoms with van der Waals surface area (Å²) in [6.45, 7) is 10.1. The summed E-state index contributed by atoms with van der Waals surface area (Å²) < 4.78 is 5.07. The van der Waals surface area contributed by atoms with Crippen LogP contribution in [0.3, 0.4) is 0 Å². The van der Waals surface area contributed by atoms with Gasteiger partial charge in [0, 0.05) is 12.1 Å². The Hall–Kier alpha value is -1.62. The third-order valence-electron chi connectivity index (χ3n) is 2.47. The summed E-state index contributed by atoms with van der Waals surface area (Å²) in [5.41, 5.74) is 1.76. The van der Waals surface area contributed by atoms with Crippen LogP contribution in [0.15, 0.2) is 17.2 Å². The molecule has 0 fully saturated rings. The van der Waals surface area contributed by atoms with E-state index < -0.39 is 0 Å². The van der Waals surface area contributed by atoms with E-state index in [-0.39, 0.29) is 18.5 Å². The molecule has 1 unspecified atom stereocenters. The Kier molecular flexibility index (Phi) is 4.90. The zero-order valence-electron chi connectivity index (χ0n) is 10.5. The SMILES string of the molecule is C=CCNCC(=O)NC(C)c1c(C)noc1C. The highest BCUT2D eigenvalue weighted by molar-refractivity contribution is 5.78. The first kappa shape index (κ1) is 13.4. The number of rotatable bonds is 6. The van der Waals surface area contributed by atoms with Crippen LogP contribution >= 0.6 is 0 Å². The van der Waals surface area contributed by atoms with Crippen molar-refractivity contribution in [1.82, 2.24) is 15.8 Å². The molecular weight excluding hydrogens is 218 g/mol. The fraction of sp³-hybridized carbons (Fsp3) is 0.500. The Balaban J connectivity index is 2.51. The van der Waals surface area contributed by atoms with Crippen molar-refractivity contribution in [3.63, 3.8) is 0 Å². The van der Waals surface area contributed by atoms with Gasteiger partial charge in [0.05, 0.1) is 18.3 Å². The molecule has 1 aromatic rings. The van der Waals surface area contributed by atoms with Gasteiger partial charge in [0.2, 0.25) is 5.91 Å². The fourth-order valence-corrected chi connectivity index (χ4v) is 1.76. The standard InChI is InChI=1S/C12H19N3O2/c1-5-6-13-7-11(16)14-8(2)12-9(3)15-17-10(12)4/h5,8,13H,1,6-7H2,2-4H3,(H,14,16). The smallest absolute Gasteiger partial charge is 0.234 e. The van der Waals surface area contributed by atoms with Crippen LogP contribution in [-0.4, -0.2) is 24.2 Å². The van der Waals surface area contributed by atoms with E-state index in [0.717, 1.165) is 17.0 Å². The molecule has 0 aromatic carbocycles. The van der Waals surface area contributed by atoms with Gasteiger partial charge in [0.15, 0.2) is 0 Å². The van der Waals surface area contributed by atoms with Crippen LogP contribution in [-0.2, 0) is 4.79 Å². The minimum atomic E-state index is -0.0979. The lowest BCUT2D eigenvalue weighted by Crippen LogP contribution is -2.35. The number of hydrogen-bond acceptors (Lipinski definition) is 4. The predicted octanol–water partition coefficient (Wildman–Crippen LogP) is 1.24. The Bertz CT molecular complexity index is 379. The molecular formula is C12H19N3O2. The second kappa shape index (κ2) is 6.20. The molecule has 0 radical (unpaired) electrons. The van der Waals surface area contributed by atoms with Crippen LogP contribution in [0, 0.1) is 13.8 Å². The minimum absolute atomic E-state index is 0.0562. The van der Waals surface area contributed by atoms with Gasteiger partial charge in [-0.25, -0.2) is 0 Å². The number of hydrogen-bond donors (Lipinski definition) is 2. The van der Waals surface area contributed by atoms with Crippen molar-refractivity contribution in [2.75, 3.05) is 13.1 Å². The van der Waals surface area contributed by atoms with Gasteiger partial charge >= 0.3 is 0 Å². The Labute approximate surface area is 101 Å². The Morgan fingerprint density at radius 1 is 1.59 bits per heavy atom. The number of amides is 1. The summed E-state index contributed by atoms with van der Waals surface area (Å²) in [6, 6.07) is -0.0979. The third-order valence-corrected chi connectivity index (χ3v) is 2.47. The molecule has 0 bridgehead atoms. The number of carbonyl (C=O) groups excluding carboxylic acids is 1. The Morgan fingerprint density at radius 2 is 2.29 bits per heavy atom. The first-order valence-electron chi connectivity index (χ1n) is 5.60. The second-order valence-electron chi connectivity index (χ2n) is 3.95. The van der Waals surface area contributed by atoms with Crippen LogP contribution in [0.2, 0.25) is 0 Å². The molecule has 0 saturated carbocycles. The number of carbonyl (C=O) groups is 1. The molecule has 94 valence electrons. The summed E-state index contributed by atoms with van der Waals surface area (Å²) in [5, 5.41) is 9.70. The topological polar surface area (TPSA) is 67.2 Å². The van der Waals surface area contributed by atoms with Gasteiger partial charge in [-0.3, -0.25) is 4.79 Å². The van der Waals surface area contributed by atoms with E-state index in [9.17, 15) is 4.79 Å². The molecule has 5 nitrogen and oxygen atoms in total. The average Bonchev–Trinajstić information content (AvgIpc) is 2.58. The average molecular weight is 237 g/mol. The third kappa shape index (κ3) is 3.71. The van der Waals surface area contributed by atoms with E-state index in [1.807, 2.05) is 20.8 Å². The molecule has 5 heteroatoms. The quantitative estimate of drug-likeness (QED) is 0.577. The lowest BCUT2D eigenvalue weighted by molar-refractivity contribution is -0.120. The first-order chi connectivity index (χ1) is 8.06. The maximum absolute atomic E-state index is 11.6. The molecule has 2 N–H and O–H groups in total. The van der Waals surface area contributed by atoms with E-state index >= 15 is 0 Å². The monoisotopic (exact) mass is 237 g/mol. The number of nitrogens with zero attached hydrogens (tertiary/aromatic N) is 1. The molecule has 0 aliphatic carbocycles. The van der Waals surface area contributed by atoms with E-state index in [1.165, 1.54) is 0 Å². The molecule has 0 spiro atoms. The maximum atomic E-state index is 11.6. The van der Waals surface area contributed by atoms with Crippen LogP contribution in [0.4, 0.5) is 0 Å². The first-order valence-corrected chi connectivity index (χ1v) is 5.60. The molecule has 0 aliphatic rings. The second-order valence-corrected chi connectivity index (χ2v) is 3.95. The summed E-state index contributed by atoms with van der Waals surface area (Å²) in [5.74, 6) is 0.689. The van der Waals surface area contributed by atoms with Crippen LogP contribution in [0.25, 0.3) is 0 Å². The molecule has 17 heavy (non-hydrogen) atoms. The normalized spacial score (nSPS) is 12.2. The van der Waals surface area contributed by atoms with Crippen LogP contribution in [0.1, 0.15) is 30.0 Å². The predicted molar refractivity (Wildman–Crippen MR) is 65.6 cm³/mol. The van der Waals surface area contributed by atoms with Crippen LogP contribution < -0.4 is 10.6 Å². The highest BCUT2D eigenvalue weighted by atomic mass is 16.5. The summed E-state index contributed by atoms with van der Waals surface area (Å²) in [7, 11) is 0. The zero-order chi connectivity index (χ0) is 12.8.